The molecule has 0 saturated carbocycles. The summed E-state index contributed by atoms with van der Waals surface area (Å²) in [4.78, 5) is 21.0. The number of anilines is 1. The fourth-order valence-electron chi connectivity index (χ4n) is 1.36. The Balaban J connectivity index is 3.65. The van der Waals surface area contributed by atoms with Crippen molar-refractivity contribution in [3.05, 3.63) is 33.1 Å². The van der Waals surface area contributed by atoms with Gasteiger partial charge in [-0.05, 0) is 19.4 Å². The van der Waals surface area contributed by atoms with Crippen LogP contribution in [0.5, 0.6) is 0 Å². The predicted octanol–water partition coefficient (Wildman–Crippen LogP) is 1.83. The highest BCUT2D eigenvalue weighted by Crippen LogP contribution is 2.29. The summed E-state index contributed by atoms with van der Waals surface area (Å²) in [5, 5.41) is 10.6. The Labute approximate surface area is 84.8 Å². The van der Waals surface area contributed by atoms with Crippen molar-refractivity contribution in [3.8, 4) is 0 Å². The first-order valence-corrected chi connectivity index (χ1v) is 4.10. The molecule has 2 N–H and O–H groups in total. The van der Waals surface area contributed by atoms with E-state index in [9.17, 15) is 19.3 Å². The molecule has 0 heterocycles. The molecule has 15 heavy (non-hydrogen) atoms. The Morgan fingerprint density at radius 2 is 2.13 bits per heavy atom. The van der Waals surface area contributed by atoms with Gasteiger partial charge in [0.15, 0.2) is 11.6 Å². The lowest BCUT2D eigenvalue weighted by molar-refractivity contribution is -0.385. The van der Waals surface area contributed by atoms with E-state index in [0.29, 0.717) is 6.07 Å². The van der Waals surface area contributed by atoms with Gasteiger partial charge < -0.3 is 5.73 Å². The van der Waals surface area contributed by atoms with Crippen molar-refractivity contribution in [1.29, 1.82) is 0 Å². The van der Waals surface area contributed by atoms with Crippen LogP contribution in [-0.4, -0.2) is 10.7 Å². The summed E-state index contributed by atoms with van der Waals surface area (Å²) >= 11 is 0. The van der Waals surface area contributed by atoms with Gasteiger partial charge in [-0.3, -0.25) is 14.9 Å². The normalized spacial score (nSPS) is 10.1. The number of hydrogen-bond acceptors (Lipinski definition) is 4. The molecule has 80 valence electrons. The number of carbonyl (C=O) groups is 1. The number of nitrogens with two attached hydrogens (primary N) is 1. The lowest BCUT2D eigenvalue weighted by Crippen LogP contribution is -2.07. The van der Waals surface area contributed by atoms with Crippen molar-refractivity contribution in [2.45, 2.75) is 13.8 Å². The van der Waals surface area contributed by atoms with Crippen molar-refractivity contribution in [3.63, 3.8) is 0 Å². The first-order chi connectivity index (χ1) is 6.86. The van der Waals surface area contributed by atoms with Gasteiger partial charge in [0, 0.05) is 0 Å². The summed E-state index contributed by atoms with van der Waals surface area (Å²) in [6.07, 6.45) is 0. The van der Waals surface area contributed by atoms with Crippen molar-refractivity contribution < 1.29 is 14.1 Å². The smallest absolute Gasteiger partial charge is 0.283 e. The number of benzene rings is 1. The van der Waals surface area contributed by atoms with Gasteiger partial charge in [0.05, 0.1) is 16.7 Å². The van der Waals surface area contributed by atoms with Crippen molar-refractivity contribution in [2.75, 3.05) is 5.73 Å². The summed E-state index contributed by atoms with van der Waals surface area (Å²) < 4.78 is 13.1. The third-order valence-electron chi connectivity index (χ3n) is 2.10. The number of rotatable bonds is 2. The molecule has 0 amide bonds. The largest absolute Gasteiger partial charge is 0.396 e. The third-order valence-corrected chi connectivity index (χ3v) is 2.10. The quantitative estimate of drug-likeness (QED) is 0.350. The van der Waals surface area contributed by atoms with Crippen LogP contribution in [0.15, 0.2) is 6.07 Å². The first-order valence-electron chi connectivity index (χ1n) is 4.10. The minimum Gasteiger partial charge on any atom is -0.396 e. The summed E-state index contributed by atoms with van der Waals surface area (Å²) in [7, 11) is 0. The van der Waals surface area contributed by atoms with Crippen LogP contribution in [0.25, 0.3) is 0 Å². The molecule has 5 nitrogen and oxygen atoms in total. The topological polar surface area (TPSA) is 86.2 Å². The van der Waals surface area contributed by atoms with Crippen LogP contribution in [0.4, 0.5) is 15.8 Å². The highest BCUT2D eigenvalue weighted by Gasteiger charge is 2.24. The second-order valence-corrected chi connectivity index (χ2v) is 3.10. The SMILES string of the molecule is CC(=O)c1c([N+](=O)[O-])cc(F)c(N)c1C. The van der Waals surface area contributed by atoms with Gasteiger partial charge in [0.1, 0.15) is 5.56 Å². The molecule has 0 radical (unpaired) electrons. The van der Waals surface area contributed by atoms with Gasteiger partial charge in [-0.2, -0.15) is 0 Å². The zero-order valence-electron chi connectivity index (χ0n) is 8.20. The maximum Gasteiger partial charge on any atom is 0.283 e. The minimum absolute atomic E-state index is 0.106. The number of nitro groups is 1. The molecule has 0 fully saturated rings. The Bertz CT molecular complexity index is 457. The van der Waals surface area contributed by atoms with E-state index in [1.807, 2.05) is 0 Å². The van der Waals surface area contributed by atoms with Gasteiger partial charge in [-0.25, -0.2) is 4.39 Å². The summed E-state index contributed by atoms with van der Waals surface area (Å²) in [6, 6.07) is 0.666. The van der Waals surface area contributed by atoms with E-state index >= 15 is 0 Å². The molecule has 1 rings (SSSR count). The van der Waals surface area contributed by atoms with Crippen LogP contribution in [0.3, 0.4) is 0 Å². The van der Waals surface area contributed by atoms with Crippen LogP contribution in [0, 0.1) is 22.9 Å². The summed E-state index contributed by atoms with van der Waals surface area (Å²) in [6.45, 7) is 2.55. The number of nitrogen functional groups attached to an aromatic ring is 1. The van der Waals surface area contributed by atoms with Gasteiger partial charge in [-0.15, -0.1) is 0 Å². The Morgan fingerprint density at radius 1 is 1.60 bits per heavy atom. The molecule has 0 aromatic heterocycles. The van der Waals surface area contributed by atoms with E-state index in [0.717, 1.165) is 0 Å². The average Bonchev–Trinajstić information content (AvgIpc) is 2.12. The molecule has 6 heteroatoms. The first kappa shape index (κ1) is 11.1. The molecule has 0 aliphatic carbocycles. The van der Waals surface area contributed by atoms with Gasteiger partial charge in [0.2, 0.25) is 0 Å². The fraction of sp³-hybridized carbons (Fsp3) is 0.222. The monoisotopic (exact) mass is 212 g/mol. The number of hydrogen-bond donors (Lipinski definition) is 1. The maximum atomic E-state index is 13.1. The molecule has 0 unspecified atom stereocenters. The zero-order chi connectivity index (χ0) is 11.7. The number of ketones is 1. The van der Waals surface area contributed by atoms with E-state index in [1.54, 1.807) is 0 Å². The van der Waals surface area contributed by atoms with Gasteiger partial charge in [-0.1, -0.05) is 0 Å². The maximum absolute atomic E-state index is 13.1. The van der Waals surface area contributed by atoms with E-state index in [1.165, 1.54) is 13.8 Å². The van der Waals surface area contributed by atoms with E-state index in [2.05, 4.69) is 0 Å². The second-order valence-electron chi connectivity index (χ2n) is 3.10. The zero-order valence-corrected chi connectivity index (χ0v) is 8.20. The molecule has 0 saturated heterocycles. The molecule has 0 aliphatic heterocycles. The second kappa shape index (κ2) is 3.64. The van der Waals surface area contributed by atoms with Crippen LogP contribution >= 0.6 is 0 Å². The Morgan fingerprint density at radius 3 is 2.53 bits per heavy atom. The van der Waals surface area contributed by atoms with Gasteiger partial charge >= 0.3 is 0 Å². The number of halogens is 1. The molecule has 1 aromatic rings. The average molecular weight is 212 g/mol. The highest BCUT2D eigenvalue weighted by molar-refractivity contribution is 6.00. The number of Topliss-reactive ketones (excluding diaryl/α,β-unsaturated/α-hetero) is 1. The summed E-state index contributed by atoms with van der Waals surface area (Å²) in [5.74, 6) is -1.39. The van der Waals surface area contributed by atoms with Crippen molar-refractivity contribution >= 4 is 17.2 Å². The number of nitro benzene ring substituents is 1. The molecule has 1 aromatic carbocycles. The Kier molecular flexibility index (Phi) is 2.69. The highest BCUT2D eigenvalue weighted by atomic mass is 19.1. The van der Waals surface area contributed by atoms with Crippen LogP contribution < -0.4 is 5.73 Å². The van der Waals surface area contributed by atoms with Gasteiger partial charge in [0.25, 0.3) is 5.69 Å². The van der Waals surface area contributed by atoms with E-state index < -0.39 is 22.2 Å². The lowest BCUT2D eigenvalue weighted by atomic mass is 10.0. The number of carbonyl (C=O) groups excluding carboxylic acids is 1. The molecule has 0 atom stereocenters. The third kappa shape index (κ3) is 1.78. The van der Waals surface area contributed by atoms with E-state index in [4.69, 9.17) is 5.73 Å². The standard InChI is InChI=1S/C9H9FN2O3/c1-4-8(5(2)13)7(12(14)15)3-6(10)9(4)11/h3H,11H2,1-2H3. The lowest BCUT2D eigenvalue weighted by Gasteiger charge is -2.07. The van der Waals surface area contributed by atoms with Crippen LogP contribution in [-0.2, 0) is 0 Å². The molecule has 0 bridgehead atoms. The number of nitrogens with zero attached hydrogens (tertiary/aromatic N) is 1. The molecule has 0 aliphatic rings. The molecular weight excluding hydrogens is 203 g/mol. The predicted molar refractivity (Wildman–Crippen MR) is 52.2 cm³/mol. The molecule has 0 spiro atoms. The summed E-state index contributed by atoms with van der Waals surface area (Å²) in [5.41, 5.74) is 4.53. The van der Waals surface area contributed by atoms with Crippen molar-refractivity contribution in [2.24, 2.45) is 0 Å². The molecular formula is C9H9FN2O3. The fourth-order valence-corrected chi connectivity index (χ4v) is 1.36. The van der Waals surface area contributed by atoms with Crippen molar-refractivity contribution in [1.82, 2.24) is 0 Å². The Hall–Kier alpha value is -1.98. The van der Waals surface area contributed by atoms with Crippen LogP contribution in [0.2, 0.25) is 0 Å². The van der Waals surface area contributed by atoms with E-state index in [-0.39, 0.29) is 16.8 Å². The van der Waals surface area contributed by atoms with Crippen LogP contribution in [0.1, 0.15) is 22.8 Å². The minimum atomic E-state index is -0.885.